The molecule has 1 N–H and O–H groups in total. The maximum atomic E-state index is 10.5. The van der Waals surface area contributed by atoms with Crippen LogP contribution in [0.3, 0.4) is 0 Å². The van der Waals surface area contributed by atoms with E-state index >= 15 is 0 Å². The lowest BCUT2D eigenvalue weighted by Crippen LogP contribution is -2.36. The third kappa shape index (κ3) is 1.59. The zero-order valence-corrected chi connectivity index (χ0v) is 10.2. The van der Waals surface area contributed by atoms with Gasteiger partial charge in [-0.05, 0) is 17.5 Å². The molecule has 2 aromatic rings. The summed E-state index contributed by atoms with van der Waals surface area (Å²) in [6.45, 7) is 0. The molecule has 1 aliphatic carbocycles. The molecule has 0 amide bonds. The summed E-state index contributed by atoms with van der Waals surface area (Å²) in [4.78, 5) is 0. The van der Waals surface area contributed by atoms with E-state index in [2.05, 4.69) is 30.3 Å². The van der Waals surface area contributed by atoms with Crippen molar-refractivity contribution in [1.82, 2.24) is 0 Å². The van der Waals surface area contributed by atoms with Gasteiger partial charge in [0, 0.05) is 0 Å². The summed E-state index contributed by atoms with van der Waals surface area (Å²) in [5.41, 5.74) is 2.03. The fourth-order valence-corrected chi connectivity index (χ4v) is 2.88. The first-order valence-electron chi connectivity index (χ1n) is 6.30. The third-order valence-corrected chi connectivity index (χ3v) is 3.84. The summed E-state index contributed by atoms with van der Waals surface area (Å²) in [6.07, 6.45) is 4.37. The van der Waals surface area contributed by atoms with Crippen LogP contribution in [0, 0.1) is 0 Å². The highest BCUT2D eigenvalue weighted by atomic mass is 16.3. The molecule has 1 heteroatoms. The van der Waals surface area contributed by atoms with Crippen molar-refractivity contribution in [2.75, 3.05) is 0 Å². The predicted octanol–water partition coefficient (Wildman–Crippen LogP) is 3.29. The minimum atomic E-state index is -0.456. The van der Waals surface area contributed by atoms with E-state index in [0.29, 0.717) is 0 Å². The Morgan fingerprint density at radius 2 is 1.33 bits per heavy atom. The summed E-state index contributed by atoms with van der Waals surface area (Å²) < 4.78 is 0. The van der Waals surface area contributed by atoms with Crippen LogP contribution in [-0.2, 0) is 5.41 Å². The first-order valence-corrected chi connectivity index (χ1v) is 6.30. The van der Waals surface area contributed by atoms with E-state index in [1.54, 1.807) is 0 Å². The number of benzene rings is 2. The van der Waals surface area contributed by atoms with Gasteiger partial charge in [0.1, 0.15) is 0 Å². The number of aliphatic hydroxyl groups excluding tert-OH is 1. The highest BCUT2D eigenvalue weighted by molar-refractivity contribution is 5.45. The maximum absolute atomic E-state index is 10.5. The van der Waals surface area contributed by atoms with E-state index in [1.807, 2.05) is 42.5 Å². The first-order chi connectivity index (χ1) is 8.84. The Morgan fingerprint density at radius 3 is 1.72 bits per heavy atom. The van der Waals surface area contributed by atoms with Gasteiger partial charge in [-0.15, -0.1) is 0 Å². The Labute approximate surface area is 107 Å². The molecule has 2 aromatic carbocycles. The van der Waals surface area contributed by atoms with Crippen molar-refractivity contribution in [1.29, 1.82) is 0 Å². The smallest absolute Gasteiger partial charge is 0.0861 e. The second kappa shape index (κ2) is 4.43. The molecule has 1 nitrogen and oxygen atoms in total. The Kier molecular flexibility index (Phi) is 2.77. The Hall–Kier alpha value is -1.86. The van der Waals surface area contributed by atoms with Gasteiger partial charge in [0.2, 0.25) is 0 Å². The van der Waals surface area contributed by atoms with Crippen LogP contribution in [-0.4, -0.2) is 11.2 Å². The minimum Gasteiger partial charge on any atom is -0.388 e. The van der Waals surface area contributed by atoms with Gasteiger partial charge in [-0.1, -0.05) is 72.8 Å². The highest BCUT2D eigenvalue weighted by Crippen LogP contribution is 2.43. The zero-order chi connectivity index (χ0) is 12.4. The van der Waals surface area contributed by atoms with Gasteiger partial charge in [-0.3, -0.25) is 0 Å². The lowest BCUT2D eigenvalue weighted by molar-refractivity contribution is 0.159. The van der Waals surface area contributed by atoms with Crippen LogP contribution >= 0.6 is 0 Å². The molecule has 0 bridgehead atoms. The van der Waals surface area contributed by atoms with Crippen molar-refractivity contribution >= 4 is 0 Å². The van der Waals surface area contributed by atoms with E-state index in [1.165, 1.54) is 11.1 Å². The molecule has 18 heavy (non-hydrogen) atoms. The second-order valence-electron chi connectivity index (χ2n) is 4.78. The number of aliphatic hydroxyl groups is 1. The van der Waals surface area contributed by atoms with Crippen LogP contribution in [0.5, 0.6) is 0 Å². The lowest BCUT2D eigenvalue weighted by Gasteiger charge is -2.34. The van der Waals surface area contributed by atoms with Gasteiger partial charge in [0.05, 0.1) is 11.5 Å². The topological polar surface area (TPSA) is 20.2 Å². The number of hydrogen-bond acceptors (Lipinski definition) is 1. The van der Waals surface area contributed by atoms with Crippen LogP contribution in [0.15, 0.2) is 72.8 Å². The fraction of sp³-hybridized carbons (Fsp3) is 0.176. The van der Waals surface area contributed by atoms with Crippen molar-refractivity contribution in [2.45, 2.75) is 17.9 Å². The molecule has 0 radical (unpaired) electrons. The van der Waals surface area contributed by atoms with E-state index in [0.717, 1.165) is 6.42 Å². The molecule has 90 valence electrons. The molecule has 0 heterocycles. The van der Waals surface area contributed by atoms with Crippen molar-refractivity contribution in [3.05, 3.63) is 83.9 Å². The summed E-state index contributed by atoms with van der Waals surface area (Å²) in [6, 6.07) is 20.6. The maximum Gasteiger partial charge on any atom is 0.0861 e. The first kappa shape index (κ1) is 11.2. The van der Waals surface area contributed by atoms with Gasteiger partial charge in [0.25, 0.3) is 0 Å². The Balaban J connectivity index is 2.17. The summed E-state index contributed by atoms with van der Waals surface area (Å²) in [5.74, 6) is 0. The second-order valence-corrected chi connectivity index (χ2v) is 4.78. The third-order valence-electron chi connectivity index (χ3n) is 3.84. The van der Waals surface area contributed by atoms with Crippen LogP contribution in [0.2, 0.25) is 0 Å². The van der Waals surface area contributed by atoms with Gasteiger partial charge in [-0.2, -0.15) is 0 Å². The average molecular weight is 236 g/mol. The van der Waals surface area contributed by atoms with E-state index < -0.39 is 6.10 Å². The molecule has 3 rings (SSSR count). The van der Waals surface area contributed by atoms with Crippen LogP contribution in [0.1, 0.15) is 17.5 Å². The van der Waals surface area contributed by atoms with Crippen molar-refractivity contribution in [3.8, 4) is 0 Å². The number of allylic oxidation sites excluding steroid dienone is 1. The predicted molar refractivity (Wildman–Crippen MR) is 73.4 cm³/mol. The molecule has 0 saturated carbocycles. The van der Waals surface area contributed by atoms with Crippen LogP contribution in [0.25, 0.3) is 0 Å². The largest absolute Gasteiger partial charge is 0.388 e. The van der Waals surface area contributed by atoms with Gasteiger partial charge < -0.3 is 5.11 Å². The van der Waals surface area contributed by atoms with Crippen LogP contribution < -0.4 is 0 Å². The molecule has 1 aliphatic rings. The van der Waals surface area contributed by atoms with Gasteiger partial charge in [-0.25, -0.2) is 0 Å². The molecular formula is C17H16O. The molecule has 0 fully saturated rings. The van der Waals surface area contributed by atoms with Crippen molar-refractivity contribution in [2.24, 2.45) is 0 Å². The summed E-state index contributed by atoms with van der Waals surface area (Å²) >= 11 is 0. The normalized spacial score (nSPS) is 21.1. The van der Waals surface area contributed by atoms with Gasteiger partial charge >= 0.3 is 0 Å². The van der Waals surface area contributed by atoms with E-state index in [9.17, 15) is 5.11 Å². The zero-order valence-electron chi connectivity index (χ0n) is 10.2. The molecule has 1 unspecified atom stereocenters. The molecule has 0 saturated heterocycles. The summed E-state index contributed by atoms with van der Waals surface area (Å²) in [5, 5.41) is 10.5. The van der Waals surface area contributed by atoms with Crippen molar-refractivity contribution < 1.29 is 5.11 Å². The Bertz CT molecular complexity index is 503. The quantitative estimate of drug-likeness (QED) is 0.793. The highest BCUT2D eigenvalue weighted by Gasteiger charge is 2.41. The molecule has 0 aromatic heterocycles. The number of rotatable bonds is 2. The fourth-order valence-electron chi connectivity index (χ4n) is 2.88. The molecule has 1 atom stereocenters. The van der Waals surface area contributed by atoms with Gasteiger partial charge in [0.15, 0.2) is 0 Å². The minimum absolute atomic E-state index is 0.317. The summed E-state index contributed by atoms with van der Waals surface area (Å²) in [7, 11) is 0. The molecule has 0 spiro atoms. The lowest BCUT2D eigenvalue weighted by atomic mass is 9.71. The molecular weight excluding hydrogens is 220 g/mol. The Morgan fingerprint density at radius 1 is 0.833 bits per heavy atom. The van der Waals surface area contributed by atoms with Crippen molar-refractivity contribution in [3.63, 3.8) is 0 Å². The average Bonchev–Trinajstić information content (AvgIpc) is 2.84. The monoisotopic (exact) mass is 236 g/mol. The van der Waals surface area contributed by atoms with E-state index in [-0.39, 0.29) is 5.41 Å². The van der Waals surface area contributed by atoms with Crippen LogP contribution in [0.4, 0.5) is 0 Å². The SMILES string of the molecule is OC1C=CCC1(c1ccccc1)c1ccccc1. The number of hydrogen-bond donors (Lipinski definition) is 1. The molecule has 0 aliphatic heterocycles. The standard InChI is InChI=1S/C17H16O/c18-16-12-7-13-17(16,14-8-3-1-4-9-14)15-10-5-2-6-11-15/h1-12,16,18H,13H2. The van der Waals surface area contributed by atoms with E-state index in [4.69, 9.17) is 0 Å².